The first-order valence-electron chi connectivity index (χ1n) is 13.8. The van der Waals surface area contributed by atoms with Crippen LogP contribution < -0.4 is 20.4 Å². The largest absolute Gasteiger partial charge is 0.378 e. The Bertz CT molecular complexity index is 1560. The molecule has 13 heteroatoms. The molecule has 2 aliphatic heterocycles. The van der Waals surface area contributed by atoms with E-state index in [-0.39, 0.29) is 22.3 Å². The number of halogens is 1. The third kappa shape index (κ3) is 7.04. The van der Waals surface area contributed by atoms with Crippen LogP contribution >= 0.6 is 23.8 Å². The number of nitrogens with zero attached hydrogens (tertiary/aromatic N) is 4. The number of rotatable bonds is 6. The van der Waals surface area contributed by atoms with Crippen LogP contribution in [-0.2, 0) is 4.74 Å². The van der Waals surface area contributed by atoms with Gasteiger partial charge in [-0.1, -0.05) is 29.8 Å². The maximum absolute atomic E-state index is 13.0. The Hall–Kier alpha value is -4.26. The van der Waals surface area contributed by atoms with Crippen molar-refractivity contribution in [3.05, 3.63) is 92.5 Å². The van der Waals surface area contributed by atoms with E-state index in [1.165, 1.54) is 12.1 Å². The summed E-state index contributed by atoms with van der Waals surface area (Å²) in [6.45, 7) is 6.39. The number of benzene rings is 3. The molecule has 2 N–H and O–H groups in total. The number of ether oxygens (including phenoxy) is 1. The number of piperazine rings is 1. The van der Waals surface area contributed by atoms with Gasteiger partial charge in [-0.05, 0) is 61.1 Å². The van der Waals surface area contributed by atoms with E-state index in [2.05, 4.69) is 15.5 Å². The fourth-order valence-electron chi connectivity index (χ4n) is 5.19. The molecule has 224 valence electrons. The van der Waals surface area contributed by atoms with Crippen LogP contribution in [0, 0.1) is 17.0 Å². The van der Waals surface area contributed by atoms with Crippen LogP contribution in [0.4, 0.5) is 22.7 Å². The third-order valence-corrected chi connectivity index (χ3v) is 8.01. The van der Waals surface area contributed by atoms with Gasteiger partial charge in [0.25, 0.3) is 17.5 Å². The van der Waals surface area contributed by atoms with Crippen molar-refractivity contribution in [2.75, 3.05) is 67.6 Å². The molecular weight excluding hydrogens is 592 g/mol. The summed E-state index contributed by atoms with van der Waals surface area (Å²) in [5.41, 5.74) is 3.48. The molecule has 0 aliphatic carbocycles. The van der Waals surface area contributed by atoms with Gasteiger partial charge >= 0.3 is 0 Å². The molecule has 0 bridgehead atoms. The zero-order chi connectivity index (χ0) is 30.5. The van der Waals surface area contributed by atoms with Crippen molar-refractivity contribution in [1.29, 1.82) is 0 Å². The molecule has 3 aromatic carbocycles. The molecule has 2 fully saturated rings. The number of nitrogens with one attached hydrogen (secondary N) is 2. The Morgan fingerprint density at radius 1 is 0.930 bits per heavy atom. The highest BCUT2D eigenvalue weighted by Gasteiger charge is 2.25. The van der Waals surface area contributed by atoms with Crippen molar-refractivity contribution in [2.24, 2.45) is 0 Å². The molecule has 0 saturated carbocycles. The molecule has 0 unspecified atom stereocenters. The first kappa shape index (κ1) is 30.2. The summed E-state index contributed by atoms with van der Waals surface area (Å²) in [4.78, 5) is 42.9. The monoisotopic (exact) mass is 622 g/mol. The van der Waals surface area contributed by atoms with Crippen LogP contribution in [0.1, 0.15) is 26.3 Å². The van der Waals surface area contributed by atoms with Crippen LogP contribution in [0.25, 0.3) is 0 Å². The fourth-order valence-corrected chi connectivity index (χ4v) is 5.71. The van der Waals surface area contributed by atoms with E-state index >= 15 is 0 Å². The van der Waals surface area contributed by atoms with Gasteiger partial charge in [-0.25, -0.2) is 0 Å². The first-order chi connectivity index (χ1) is 20.7. The van der Waals surface area contributed by atoms with Crippen molar-refractivity contribution in [2.45, 2.75) is 6.92 Å². The summed E-state index contributed by atoms with van der Waals surface area (Å²) in [5, 5.41) is 17.8. The molecule has 2 aliphatic rings. The second-order valence-corrected chi connectivity index (χ2v) is 11.0. The molecule has 0 atom stereocenters. The second kappa shape index (κ2) is 13.4. The van der Waals surface area contributed by atoms with Gasteiger partial charge in [0.05, 0.1) is 28.8 Å². The summed E-state index contributed by atoms with van der Waals surface area (Å²) >= 11 is 11.9. The number of carbonyl (C=O) groups is 2. The average molecular weight is 623 g/mol. The summed E-state index contributed by atoms with van der Waals surface area (Å²) in [6.07, 6.45) is 0. The number of carbonyl (C=O) groups excluding carboxylic acids is 2. The number of hydrogen-bond donors (Lipinski definition) is 2. The van der Waals surface area contributed by atoms with Crippen LogP contribution in [0.2, 0.25) is 5.02 Å². The van der Waals surface area contributed by atoms with E-state index in [1.807, 2.05) is 47.1 Å². The minimum Gasteiger partial charge on any atom is -0.378 e. The van der Waals surface area contributed by atoms with E-state index < -0.39 is 10.8 Å². The van der Waals surface area contributed by atoms with E-state index in [9.17, 15) is 19.7 Å². The number of amides is 2. The normalized spacial score (nSPS) is 15.2. The Morgan fingerprint density at radius 3 is 2.28 bits per heavy atom. The van der Waals surface area contributed by atoms with Gasteiger partial charge in [0.1, 0.15) is 5.69 Å². The van der Waals surface area contributed by atoms with E-state index in [4.69, 9.17) is 28.6 Å². The first-order valence-corrected chi connectivity index (χ1v) is 14.6. The van der Waals surface area contributed by atoms with Crippen LogP contribution in [0.15, 0.2) is 60.7 Å². The highest BCUT2D eigenvalue weighted by molar-refractivity contribution is 7.80. The van der Waals surface area contributed by atoms with Gasteiger partial charge < -0.3 is 24.8 Å². The van der Waals surface area contributed by atoms with Crippen molar-refractivity contribution in [1.82, 2.24) is 10.2 Å². The van der Waals surface area contributed by atoms with Crippen molar-refractivity contribution in [3.8, 4) is 0 Å². The highest BCUT2D eigenvalue weighted by Crippen LogP contribution is 2.31. The number of thiocarbonyl (C=S) groups is 1. The predicted molar refractivity (Wildman–Crippen MR) is 171 cm³/mol. The Labute approximate surface area is 259 Å². The highest BCUT2D eigenvalue weighted by atomic mass is 35.5. The second-order valence-electron chi connectivity index (χ2n) is 10.2. The van der Waals surface area contributed by atoms with Gasteiger partial charge in [0.2, 0.25) is 0 Å². The molecule has 0 aromatic heterocycles. The Morgan fingerprint density at radius 2 is 1.60 bits per heavy atom. The lowest BCUT2D eigenvalue weighted by molar-refractivity contribution is -0.384. The van der Waals surface area contributed by atoms with E-state index in [1.54, 1.807) is 18.2 Å². The molecule has 5 rings (SSSR count). The summed E-state index contributed by atoms with van der Waals surface area (Å²) in [7, 11) is 0. The summed E-state index contributed by atoms with van der Waals surface area (Å²) < 4.78 is 5.33. The maximum Gasteiger partial charge on any atom is 0.293 e. The summed E-state index contributed by atoms with van der Waals surface area (Å²) in [6, 6.07) is 17.3. The topological polar surface area (TPSA) is 120 Å². The smallest absolute Gasteiger partial charge is 0.293 e. The number of hydrogen-bond acceptors (Lipinski definition) is 8. The standard InChI is InChI=1S/C30H31ClN6O5S/c1-20-4-2-3-5-23(20)29(39)36-12-10-34(11-13-36)25-9-7-22(19-24(25)31)32-30(43)33-28(38)21-6-8-26(27(18-21)37(40)41)35-14-16-42-17-15-35/h2-9,18-19H,10-17H2,1H3,(H2,32,33,38,43). The van der Waals surface area contributed by atoms with Crippen LogP contribution in [-0.4, -0.2) is 79.2 Å². The van der Waals surface area contributed by atoms with Gasteiger partial charge in [-0.15, -0.1) is 0 Å². The average Bonchev–Trinajstić information content (AvgIpc) is 3.01. The van der Waals surface area contributed by atoms with Gasteiger partial charge in [-0.3, -0.25) is 25.0 Å². The molecule has 3 aromatic rings. The molecule has 43 heavy (non-hydrogen) atoms. The quantitative estimate of drug-likeness (QED) is 0.233. The molecule has 11 nitrogen and oxygen atoms in total. The third-order valence-electron chi connectivity index (χ3n) is 7.50. The Kier molecular flexibility index (Phi) is 9.39. The molecule has 2 saturated heterocycles. The maximum atomic E-state index is 13.0. The number of nitro groups is 1. The van der Waals surface area contributed by atoms with E-state index in [0.717, 1.165) is 16.8 Å². The molecule has 2 amide bonds. The zero-order valence-corrected chi connectivity index (χ0v) is 25.1. The fraction of sp³-hybridized carbons (Fsp3) is 0.300. The zero-order valence-electron chi connectivity index (χ0n) is 23.5. The Balaban J connectivity index is 1.17. The molecule has 0 radical (unpaired) electrons. The van der Waals surface area contributed by atoms with Crippen LogP contribution in [0.5, 0.6) is 0 Å². The van der Waals surface area contributed by atoms with Gasteiger partial charge in [-0.2, -0.15) is 0 Å². The predicted octanol–water partition coefficient (Wildman–Crippen LogP) is 4.48. The van der Waals surface area contributed by atoms with E-state index in [0.29, 0.717) is 68.9 Å². The SMILES string of the molecule is Cc1ccccc1C(=O)N1CCN(c2ccc(NC(=S)NC(=O)c3ccc(N4CCOCC4)c([N+](=O)[O-])c3)cc2Cl)CC1. The number of aryl methyl sites for hydroxylation is 1. The number of anilines is 3. The number of nitro benzene ring substituents is 1. The molecular formula is C30H31ClN6O5S. The summed E-state index contributed by atoms with van der Waals surface area (Å²) in [5.74, 6) is -0.545. The van der Waals surface area contributed by atoms with Crippen molar-refractivity contribution in [3.63, 3.8) is 0 Å². The minimum absolute atomic E-state index is 0.0251. The van der Waals surface area contributed by atoms with Crippen molar-refractivity contribution < 1.29 is 19.2 Å². The lowest BCUT2D eigenvalue weighted by Crippen LogP contribution is -2.49. The van der Waals surface area contributed by atoms with Gasteiger partial charge in [0, 0.05) is 62.1 Å². The van der Waals surface area contributed by atoms with Gasteiger partial charge in [0.15, 0.2) is 5.11 Å². The minimum atomic E-state index is -0.574. The number of morpholine rings is 1. The van der Waals surface area contributed by atoms with Crippen molar-refractivity contribution >= 4 is 63.5 Å². The lowest BCUT2D eigenvalue weighted by Gasteiger charge is -2.36. The lowest BCUT2D eigenvalue weighted by atomic mass is 10.1. The molecule has 0 spiro atoms. The molecule has 2 heterocycles. The van der Waals surface area contributed by atoms with Crippen LogP contribution in [0.3, 0.4) is 0 Å².